The highest BCUT2D eigenvalue weighted by Gasteiger charge is 2.32. The summed E-state index contributed by atoms with van der Waals surface area (Å²) in [4.78, 5) is 13.1. The molecule has 0 bridgehead atoms. The summed E-state index contributed by atoms with van der Waals surface area (Å²) in [6.07, 6.45) is 1.02. The Bertz CT molecular complexity index is 967. The monoisotopic (exact) mass is 370 g/mol. The number of methoxy groups -OCH3 is 1. The number of benzene rings is 3. The van der Waals surface area contributed by atoms with Gasteiger partial charge in [-0.3, -0.25) is 4.79 Å². The lowest BCUT2D eigenvalue weighted by atomic mass is 9.98. The van der Waals surface area contributed by atoms with E-state index in [2.05, 4.69) is 0 Å². The van der Waals surface area contributed by atoms with E-state index in [-0.39, 0.29) is 11.9 Å². The zero-order valence-electron chi connectivity index (χ0n) is 15.8. The number of hydrogen-bond donors (Lipinski definition) is 0. The zero-order chi connectivity index (χ0) is 19.3. The predicted molar refractivity (Wildman–Crippen MR) is 110 cm³/mol. The highest BCUT2D eigenvalue weighted by Crippen LogP contribution is 2.34. The van der Waals surface area contributed by atoms with Gasteiger partial charge in [0.25, 0.3) is 0 Å². The van der Waals surface area contributed by atoms with Gasteiger partial charge in [-0.1, -0.05) is 72.8 Å². The molecule has 0 fully saturated rings. The molecule has 1 heterocycles. The Morgan fingerprint density at radius 1 is 0.964 bits per heavy atom. The Morgan fingerprint density at radius 2 is 1.61 bits per heavy atom. The second kappa shape index (κ2) is 8.09. The van der Waals surface area contributed by atoms with Gasteiger partial charge in [0.1, 0.15) is 5.75 Å². The fourth-order valence-electron chi connectivity index (χ4n) is 3.48. The molecule has 0 radical (unpaired) electrons. The van der Waals surface area contributed by atoms with Crippen molar-refractivity contribution in [3.05, 3.63) is 102 Å². The minimum absolute atomic E-state index is 0.00190. The summed E-state index contributed by atoms with van der Waals surface area (Å²) in [5.41, 5.74) is 4.03. The van der Waals surface area contributed by atoms with Gasteiger partial charge < -0.3 is 4.74 Å². The van der Waals surface area contributed by atoms with Crippen molar-refractivity contribution in [2.75, 3.05) is 7.11 Å². The van der Waals surface area contributed by atoms with E-state index in [1.54, 1.807) is 12.1 Å². The lowest BCUT2D eigenvalue weighted by Gasteiger charge is -2.22. The van der Waals surface area contributed by atoms with Gasteiger partial charge >= 0.3 is 0 Å². The lowest BCUT2D eigenvalue weighted by molar-refractivity contribution is -0.132. The molecule has 3 aromatic carbocycles. The summed E-state index contributed by atoms with van der Waals surface area (Å²) in [5, 5.41) is 6.37. The van der Waals surface area contributed by atoms with Crippen LogP contribution in [0.4, 0.5) is 0 Å². The summed E-state index contributed by atoms with van der Waals surface area (Å²) in [5.74, 6) is 0.797. The smallest absolute Gasteiger partial charge is 0.247 e. The van der Waals surface area contributed by atoms with Crippen molar-refractivity contribution in [1.82, 2.24) is 5.01 Å². The van der Waals surface area contributed by atoms with E-state index in [4.69, 9.17) is 9.84 Å². The number of rotatable bonds is 5. The molecule has 4 heteroatoms. The van der Waals surface area contributed by atoms with E-state index in [1.165, 1.54) is 0 Å². The Hall–Kier alpha value is -3.40. The van der Waals surface area contributed by atoms with E-state index >= 15 is 0 Å². The molecule has 0 saturated carbocycles. The van der Waals surface area contributed by atoms with Crippen molar-refractivity contribution in [3.63, 3.8) is 0 Å². The van der Waals surface area contributed by atoms with Crippen LogP contribution in [0.2, 0.25) is 0 Å². The SMILES string of the molecule is COc1ccc([C@@H]2CC(c3ccccc3)=NN2C(=O)Cc2ccccc2)cc1. The molecular formula is C24H22N2O2. The first-order chi connectivity index (χ1) is 13.7. The maximum absolute atomic E-state index is 13.1. The average Bonchev–Trinajstić information content (AvgIpc) is 3.21. The van der Waals surface area contributed by atoms with E-state index in [0.717, 1.165) is 28.2 Å². The molecule has 0 saturated heterocycles. The topological polar surface area (TPSA) is 41.9 Å². The highest BCUT2D eigenvalue weighted by molar-refractivity contribution is 6.03. The van der Waals surface area contributed by atoms with Crippen molar-refractivity contribution in [2.45, 2.75) is 18.9 Å². The summed E-state index contributed by atoms with van der Waals surface area (Å²) in [7, 11) is 1.65. The third-order valence-corrected chi connectivity index (χ3v) is 4.97. The van der Waals surface area contributed by atoms with Crippen LogP contribution in [0.1, 0.15) is 29.2 Å². The highest BCUT2D eigenvalue weighted by atomic mass is 16.5. The van der Waals surface area contributed by atoms with Crippen LogP contribution in [0, 0.1) is 0 Å². The van der Waals surface area contributed by atoms with Crippen molar-refractivity contribution in [2.24, 2.45) is 5.10 Å². The molecule has 0 spiro atoms. The number of amides is 1. The molecule has 4 nitrogen and oxygen atoms in total. The van der Waals surface area contributed by atoms with Crippen LogP contribution >= 0.6 is 0 Å². The average molecular weight is 370 g/mol. The number of hydrazone groups is 1. The van der Waals surface area contributed by atoms with Gasteiger partial charge in [0.15, 0.2) is 0 Å². The Balaban J connectivity index is 1.64. The molecule has 3 aromatic rings. The largest absolute Gasteiger partial charge is 0.497 e. The molecule has 4 rings (SSSR count). The molecule has 1 aliphatic heterocycles. The van der Waals surface area contributed by atoms with Crippen molar-refractivity contribution in [1.29, 1.82) is 0 Å². The quantitative estimate of drug-likeness (QED) is 0.658. The normalized spacial score (nSPS) is 16.0. The molecular weight excluding hydrogens is 348 g/mol. The van der Waals surface area contributed by atoms with Crippen LogP contribution in [0.5, 0.6) is 5.75 Å². The first-order valence-corrected chi connectivity index (χ1v) is 9.37. The van der Waals surface area contributed by atoms with Gasteiger partial charge in [0.05, 0.1) is 25.3 Å². The van der Waals surface area contributed by atoms with Gasteiger partial charge in [-0.2, -0.15) is 5.10 Å². The van der Waals surface area contributed by atoms with Crippen LogP contribution in [-0.2, 0) is 11.2 Å². The fraction of sp³-hybridized carbons (Fsp3) is 0.167. The first kappa shape index (κ1) is 18.0. The molecule has 1 atom stereocenters. The predicted octanol–water partition coefficient (Wildman–Crippen LogP) is 4.62. The summed E-state index contributed by atoms with van der Waals surface area (Å²) in [6.45, 7) is 0. The van der Waals surface area contributed by atoms with Gasteiger partial charge in [0.2, 0.25) is 5.91 Å². The fourth-order valence-corrected chi connectivity index (χ4v) is 3.48. The summed E-state index contributed by atoms with van der Waals surface area (Å²) in [6, 6.07) is 27.6. The van der Waals surface area contributed by atoms with E-state index < -0.39 is 0 Å². The van der Waals surface area contributed by atoms with E-state index in [0.29, 0.717) is 12.8 Å². The summed E-state index contributed by atoms with van der Waals surface area (Å²) >= 11 is 0. The first-order valence-electron chi connectivity index (χ1n) is 9.37. The Labute approximate surface area is 165 Å². The van der Waals surface area contributed by atoms with Gasteiger partial charge in [0, 0.05) is 6.42 Å². The number of carbonyl (C=O) groups is 1. The molecule has 0 aromatic heterocycles. The van der Waals surface area contributed by atoms with Gasteiger partial charge in [-0.15, -0.1) is 0 Å². The van der Waals surface area contributed by atoms with Gasteiger partial charge in [-0.25, -0.2) is 5.01 Å². The van der Waals surface area contributed by atoms with Gasteiger partial charge in [-0.05, 0) is 28.8 Å². The number of nitrogens with zero attached hydrogens (tertiary/aromatic N) is 2. The Morgan fingerprint density at radius 3 is 2.25 bits per heavy atom. The maximum Gasteiger partial charge on any atom is 0.247 e. The lowest BCUT2D eigenvalue weighted by Crippen LogP contribution is -2.28. The molecule has 28 heavy (non-hydrogen) atoms. The van der Waals surface area contributed by atoms with Crippen LogP contribution in [0.25, 0.3) is 0 Å². The van der Waals surface area contributed by atoms with Crippen LogP contribution in [0.15, 0.2) is 90.0 Å². The van der Waals surface area contributed by atoms with Crippen LogP contribution in [-0.4, -0.2) is 23.7 Å². The Kier molecular flexibility index (Phi) is 5.20. The van der Waals surface area contributed by atoms with Crippen LogP contribution in [0.3, 0.4) is 0 Å². The van der Waals surface area contributed by atoms with Crippen LogP contribution < -0.4 is 4.74 Å². The molecule has 0 aliphatic carbocycles. The molecule has 0 unspecified atom stereocenters. The number of ether oxygens (including phenoxy) is 1. The van der Waals surface area contributed by atoms with E-state index in [1.807, 2.05) is 84.9 Å². The standard InChI is InChI=1S/C24H22N2O2/c1-28-21-14-12-20(13-15-21)23-17-22(19-10-6-3-7-11-19)25-26(23)24(27)16-18-8-4-2-5-9-18/h2-15,23H,16-17H2,1H3/t23-/m0/s1. The third kappa shape index (κ3) is 3.81. The third-order valence-electron chi connectivity index (χ3n) is 4.97. The molecule has 1 amide bonds. The maximum atomic E-state index is 13.1. The van der Waals surface area contributed by atoms with Crippen molar-refractivity contribution in [3.8, 4) is 5.75 Å². The minimum atomic E-state index is -0.114. The zero-order valence-corrected chi connectivity index (χ0v) is 15.8. The second-order valence-corrected chi connectivity index (χ2v) is 6.81. The molecule has 0 N–H and O–H groups in total. The number of hydrogen-bond acceptors (Lipinski definition) is 3. The van der Waals surface area contributed by atoms with E-state index in [9.17, 15) is 4.79 Å². The molecule has 140 valence electrons. The number of carbonyl (C=O) groups excluding carboxylic acids is 1. The molecule has 1 aliphatic rings. The van der Waals surface area contributed by atoms with Crippen molar-refractivity contribution >= 4 is 11.6 Å². The second-order valence-electron chi connectivity index (χ2n) is 6.81. The van der Waals surface area contributed by atoms with Crippen molar-refractivity contribution < 1.29 is 9.53 Å². The summed E-state index contributed by atoms with van der Waals surface area (Å²) < 4.78 is 5.27. The minimum Gasteiger partial charge on any atom is -0.497 e.